The van der Waals surface area contributed by atoms with Gasteiger partial charge in [-0.25, -0.2) is 0 Å². The topological polar surface area (TPSA) is 120 Å². The molecule has 2 unspecified atom stereocenters. The number of piperidine rings is 2. The van der Waals surface area contributed by atoms with Crippen molar-refractivity contribution in [1.29, 1.82) is 5.26 Å². The van der Waals surface area contributed by atoms with Crippen molar-refractivity contribution >= 4 is 11.9 Å². The van der Waals surface area contributed by atoms with E-state index >= 15 is 0 Å². The van der Waals surface area contributed by atoms with Gasteiger partial charge in [0.1, 0.15) is 5.60 Å². The van der Waals surface area contributed by atoms with E-state index in [0.29, 0.717) is 19.3 Å². The first-order chi connectivity index (χ1) is 24.9. The lowest BCUT2D eigenvalue weighted by atomic mass is 9.55. The molecule has 10 rings (SSSR count). The van der Waals surface area contributed by atoms with E-state index in [2.05, 4.69) is 66.1 Å². The molecule has 6 fully saturated rings. The molecular weight excluding hydrogens is 649 g/mol. The molecule has 2 aliphatic heterocycles. The fourth-order valence-corrected chi connectivity index (χ4v) is 12.6. The van der Waals surface area contributed by atoms with Crippen LogP contribution in [0.5, 0.6) is 0 Å². The van der Waals surface area contributed by atoms with Gasteiger partial charge in [0.25, 0.3) is 0 Å². The Bertz CT molecular complexity index is 1850. The number of amides is 1. The molecule has 52 heavy (non-hydrogen) atoms. The van der Waals surface area contributed by atoms with Gasteiger partial charge in [-0.15, -0.1) is 0 Å². The molecule has 4 bridgehead atoms. The highest BCUT2D eigenvalue weighted by Crippen LogP contribution is 2.64. The summed E-state index contributed by atoms with van der Waals surface area (Å²) in [4.78, 5) is 29.7. The number of ether oxygens (including phenoxy) is 1. The molecule has 0 spiro atoms. The third kappa shape index (κ3) is 5.16. The van der Waals surface area contributed by atoms with Crippen LogP contribution in [0.2, 0.25) is 0 Å². The first-order valence-electron chi connectivity index (χ1n) is 20.2. The lowest BCUT2D eigenvalue weighted by Crippen LogP contribution is -2.70. The van der Waals surface area contributed by atoms with Gasteiger partial charge in [-0.1, -0.05) is 47.5 Å². The van der Waals surface area contributed by atoms with Crippen LogP contribution < -0.4 is 5.73 Å². The summed E-state index contributed by atoms with van der Waals surface area (Å²) in [7, 11) is 0. The lowest BCUT2D eigenvalue weighted by molar-refractivity contribution is -0.189. The molecule has 4 saturated carbocycles. The predicted octanol–water partition coefficient (Wildman–Crippen LogP) is 5.41. The number of rotatable bonds is 6. The number of primary amides is 1. The highest BCUT2D eigenvalue weighted by atomic mass is 16.6. The Morgan fingerprint density at radius 1 is 0.846 bits per heavy atom. The van der Waals surface area contributed by atoms with Gasteiger partial charge in [-0.3, -0.25) is 19.4 Å². The summed E-state index contributed by atoms with van der Waals surface area (Å²) >= 11 is 0. The zero-order chi connectivity index (χ0) is 36.2. The predicted molar refractivity (Wildman–Crippen MR) is 198 cm³/mol. The minimum atomic E-state index is -0.721. The number of benzene rings is 2. The molecule has 0 aromatic heterocycles. The molecule has 6 aliphatic carbocycles. The summed E-state index contributed by atoms with van der Waals surface area (Å²) in [6.45, 7) is 10.1. The second kappa shape index (κ2) is 12.1. The van der Waals surface area contributed by atoms with E-state index in [-0.39, 0.29) is 46.6 Å². The maximum absolute atomic E-state index is 12.3. The van der Waals surface area contributed by atoms with Crippen LogP contribution in [0.25, 0.3) is 0 Å². The zero-order valence-corrected chi connectivity index (χ0v) is 31.3. The first kappa shape index (κ1) is 34.5. The Balaban J connectivity index is 0.000000140. The molecule has 2 heterocycles. The number of likely N-dealkylation sites (tertiary alicyclic amines) is 2. The van der Waals surface area contributed by atoms with E-state index in [9.17, 15) is 20.0 Å². The maximum Gasteiger partial charge on any atom is 0.303 e. The van der Waals surface area contributed by atoms with E-state index < -0.39 is 11.2 Å². The smallest absolute Gasteiger partial charge is 0.303 e. The molecule has 8 heteroatoms. The molecule has 8 nitrogen and oxygen atoms in total. The van der Waals surface area contributed by atoms with Crippen molar-refractivity contribution < 1.29 is 19.4 Å². The number of esters is 1. The van der Waals surface area contributed by atoms with Crippen LogP contribution in [0.4, 0.5) is 0 Å². The molecule has 8 aliphatic rings. The van der Waals surface area contributed by atoms with Gasteiger partial charge < -0.3 is 15.6 Å². The van der Waals surface area contributed by atoms with Crippen molar-refractivity contribution in [2.45, 2.75) is 132 Å². The average molecular weight is 705 g/mol. The van der Waals surface area contributed by atoms with Gasteiger partial charge in [0.15, 0.2) is 0 Å². The minimum absolute atomic E-state index is 0.00941. The van der Waals surface area contributed by atoms with Gasteiger partial charge in [-0.2, -0.15) is 5.26 Å². The fourth-order valence-electron chi connectivity index (χ4n) is 12.6. The number of nitrogens with two attached hydrogens (primary N) is 1. The largest absolute Gasteiger partial charge is 0.457 e. The standard InChI is InChI=1S/C23H30N2O3.C21H26N2O/c1-14-3-6-17-10-20-23(28-15(2)26)12-18(21(24)27)11-22(23,19(17)9-14)7-8-25(20)13-16-4-5-16;1-14-2-5-17-9-19-21(24)11-16(12-22)10-20(21,18(17)8-14)6-7-23(19)13-15-3-4-15/h3,6,9,16,18,20H,4-5,7-8,10-13H2,1-2H3,(H2,24,27);2,5,8,15-16,19,24H,3-4,6-7,9-11,13H2,1H3/t18?,20-,22-,23-;16?,19-,20-,21-/m11/s1. The molecule has 8 atom stereocenters. The van der Waals surface area contributed by atoms with Crippen molar-refractivity contribution in [3.05, 3.63) is 69.8 Å². The summed E-state index contributed by atoms with van der Waals surface area (Å²) in [5.74, 6) is 0.857. The normalized spacial score (nSPS) is 38.4. The molecule has 2 aromatic carbocycles. The van der Waals surface area contributed by atoms with Crippen LogP contribution in [0.1, 0.15) is 105 Å². The molecule has 1 amide bonds. The molecular formula is C44H56N4O4. The minimum Gasteiger partial charge on any atom is -0.457 e. The summed E-state index contributed by atoms with van der Waals surface area (Å²) in [5.41, 5.74) is 11.8. The summed E-state index contributed by atoms with van der Waals surface area (Å²) in [6.07, 6.45) is 11.8. The number of carbonyl (C=O) groups excluding carboxylic acids is 2. The Labute approximate surface area is 309 Å². The van der Waals surface area contributed by atoms with Gasteiger partial charge in [0.2, 0.25) is 5.91 Å². The monoisotopic (exact) mass is 704 g/mol. The molecule has 2 saturated heterocycles. The highest BCUT2D eigenvalue weighted by Gasteiger charge is 2.71. The Kier molecular flexibility index (Phi) is 8.05. The molecule has 3 N–H and O–H groups in total. The molecule has 276 valence electrons. The van der Waals surface area contributed by atoms with Crippen molar-refractivity contribution in [3.8, 4) is 6.07 Å². The fraction of sp³-hybridized carbons (Fsp3) is 0.659. The maximum atomic E-state index is 12.3. The van der Waals surface area contributed by atoms with Crippen LogP contribution in [0, 0.1) is 48.9 Å². The van der Waals surface area contributed by atoms with E-state index in [4.69, 9.17) is 10.5 Å². The summed E-state index contributed by atoms with van der Waals surface area (Å²) in [5, 5.41) is 21.5. The third-order valence-corrected chi connectivity index (χ3v) is 15.2. The lowest BCUT2D eigenvalue weighted by Gasteiger charge is -2.60. The van der Waals surface area contributed by atoms with Crippen molar-refractivity contribution in [2.75, 3.05) is 26.2 Å². The van der Waals surface area contributed by atoms with Crippen LogP contribution in [-0.4, -0.2) is 76.2 Å². The number of nitrogens with zero attached hydrogens (tertiary/aromatic N) is 3. The van der Waals surface area contributed by atoms with E-state index in [0.717, 1.165) is 70.1 Å². The molecule has 0 radical (unpaired) electrons. The first-order valence-corrected chi connectivity index (χ1v) is 20.2. The Morgan fingerprint density at radius 3 is 1.96 bits per heavy atom. The summed E-state index contributed by atoms with van der Waals surface area (Å²) in [6, 6.07) is 16.3. The van der Waals surface area contributed by atoms with Crippen LogP contribution in [0.15, 0.2) is 36.4 Å². The average Bonchev–Trinajstić information content (AvgIpc) is 4.03. The van der Waals surface area contributed by atoms with Crippen LogP contribution >= 0.6 is 0 Å². The second-order valence-electron chi connectivity index (χ2n) is 18.5. The zero-order valence-electron chi connectivity index (χ0n) is 31.3. The quantitative estimate of drug-likeness (QED) is 0.386. The third-order valence-electron chi connectivity index (χ3n) is 15.2. The van der Waals surface area contributed by atoms with Crippen molar-refractivity contribution in [3.63, 3.8) is 0 Å². The van der Waals surface area contributed by atoms with Crippen LogP contribution in [-0.2, 0) is 38.0 Å². The Morgan fingerprint density at radius 2 is 1.40 bits per heavy atom. The Hall–Kier alpha value is -3.25. The van der Waals surface area contributed by atoms with Crippen molar-refractivity contribution in [2.24, 2.45) is 29.4 Å². The molecule has 2 aromatic rings. The number of aryl methyl sites for hydroxylation is 2. The van der Waals surface area contributed by atoms with Gasteiger partial charge in [0.05, 0.1) is 23.6 Å². The second-order valence-corrected chi connectivity index (χ2v) is 18.5. The SMILES string of the molecule is CC(=O)O[C@@]12CC(C(N)=O)C[C@@]13CCN(CC1CC1)[C@@H]2Cc1ccc(C)cc13.Cc1ccc2c(c1)[C@]13CCN(CC4CC4)[C@H](C2)[C@]1(O)CC(C#N)C3. The number of hydrogen-bond acceptors (Lipinski definition) is 7. The summed E-state index contributed by atoms with van der Waals surface area (Å²) < 4.78 is 6.28. The number of nitriles is 1. The van der Waals surface area contributed by atoms with Crippen LogP contribution in [0.3, 0.4) is 0 Å². The van der Waals surface area contributed by atoms with Gasteiger partial charge in [-0.05, 0) is 132 Å². The number of hydrogen-bond donors (Lipinski definition) is 2. The van der Waals surface area contributed by atoms with Crippen molar-refractivity contribution in [1.82, 2.24) is 9.80 Å². The number of fused-ring (bicyclic) bond motifs is 2. The van der Waals surface area contributed by atoms with E-state index in [1.165, 1.54) is 66.0 Å². The van der Waals surface area contributed by atoms with Gasteiger partial charge in [0, 0.05) is 49.2 Å². The highest BCUT2D eigenvalue weighted by molar-refractivity contribution is 5.78. The van der Waals surface area contributed by atoms with E-state index in [1.807, 2.05) is 0 Å². The van der Waals surface area contributed by atoms with E-state index in [1.54, 1.807) is 0 Å². The van der Waals surface area contributed by atoms with Gasteiger partial charge >= 0.3 is 5.97 Å². The number of aliphatic hydroxyl groups is 1. The number of carbonyl (C=O) groups is 2.